The van der Waals surface area contributed by atoms with Crippen LogP contribution in [0, 0.1) is 6.92 Å². The molecule has 0 aliphatic rings. The zero-order chi connectivity index (χ0) is 14.5. The van der Waals surface area contributed by atoms with E-state index in [4.69, 9.17) is 0 Å². The van der Waals surface area contributed by atoms with Gasteiger partial charge in [0.05, 0.1) is 17.8 Å². The van der Waals surface area contributed by atoms with E-state index in [0.717, 1.165) is 16.9 Å². The number of nitrogens with one attached hydrogen (secondary N) is 1. The Balaban J connectivity index is 2.20. The Hall–Kier alpha value is -2.36. The minimum atomic E-state index is -0.0105. The first-order valence-corrected chi connectivity index (χ1v) is 6.55. The summed E-state index contributed by atoms with van der Waals surface area (Å²) in [5.74, 6) is -0.0105. The zero-order valence-electron chi connectivity index (χ0n) is 12.1. The molecule has 1 amide bonds. The van der Waals surface area contributed by atoms with Crippen LogP contribution in [0.1, 0.15) is 21.6 Å². The Morgan fingerprint density at radius 1 is 1.30 bits per heavy atom. The van der Waals surface area contributed by atoms with Crippen LogP contribution in [-0.2, 0) is 6.54 Å². The molecule has 2 aromatic rings. The minimum absolute atomic E-state index is 0.0105. The van der Waals surface area contributed by atoms with Gasteiger partial charge in [0.25, 0.3) is 5.91 Å². The molecule has 104 valence electrons. The second-order valence-corrected chi connectivity index (χ2v) is 4.78. The highest BCUT2D eigenvalue weighted by Gasteiger charge is 2.16. The van der Waals surface area contributed by atoms with E-state index in [9.17, 15) is 4.79 Å². The molecule has 0 saturated heterocycles. The van der Waals surface area contributed by atoms with Crippen molar-refractivity contribution in [2.24, 2.45) is 0 Å². The smallest absolute Gasteiger partial charge is 0.256 e. The minimum Gasteiger partial charge on any atom is -0.387 e. The number of carbonyl (C=O) groups is 1. The molecule has 20 heavy (non-hydrogen) atoms. The predicted molar refractivity (Wildman–Crippen MR) is 80.8 cm³/mol. The Morgan fingerprint density at radius 2 is 2.10 bits per heavy atom. The summed E-state index contributed by atoms with van der Waals surface area (Å²) in [5.41, 5.74) is 3.47. The van der Waals surface area contributed by atoms with E-state index in [1.807, 2.05) is 50.4 Å². The van der Waals surface area contributed by atoms with Crippen molar-refractivity contribution >= 4 is 11.6 Å². The Kier molecular flexibility index (Phi) is 4.35. The molecule has 4 nitrogen and oxygen atoms in total. The van der Waals surface area contributed by atoms with Gasteiger partial charge in [-0.1, -0.05) is 17.7 Å². The van der Waals surface area contributed by atoms with E-state index >= 15 is 0 Å². The third-order valence-electron chi connectivity index (χ3n) is 3.15. The van der Waals surface area contributed by atoms with Gasteiger partial charge in [0.2, 0.25) is 0 Å². The number of aromatic nitrogens is 1. The Labute approximate surface area is 119 Å². The fourth-order valence-corrected chi connectivity index (χ4v) is 2.07. The molecule has 1 aromatic carbocycles. The van der Waals surface area contributed by atoms with Crippen LogP contribution in [0.5, 0.6) is 0 Å². The summed E-state index contributed by atoms with van der Waals surface area (Å²) in [6.07, 6.45) is 1.74. The largest absolute Gasteiger partial charge is 0.387 e. The summed E-state index contributed by atoms with van der Waals surface area (Å²) in [6.45, 7) is 2.48. The van der Waals surface area contributed by atoms with Gasteiger partial charge in [-0.05, 0) is 31.2 Å². The van der Waals surface area contributed by atoms with Crippen LogP contribution in [0.4, 0.5) is 5.69 Å². The van der Waals surface area contributed by atoms with Crippen molar-refractivity contribution in [2.45, 2.75) is 13.5 Å². The number of hydrogen-bond donors (Lipinski definition) is 1. The van der Waals surface area contributed by atoms with Gasteiger partial charge < -0.3 is 10.2 Å². The number of amides is 1. The lowest BCUT2D eigenvalue weighted by atomic mass is 10.1. The molecular weight excluding hydrogens is 250 g/mol. The van der Waals surface area contributed by atoms with E-state index in [0.29, 0.717) is 12.1 Å². The number of carbonyl (C=O) groups excluding carboxylic acids is 1. The van der Waals surface area contributed by atoms with Crippen LogP contribution in [0.3, 0.4) is 0 Å². The average Bonchev–Trinajstić information content (AvgIpc) is 2.47. The number of hydrogen-bond acceptors (Lipinski definition) is 3. The maximum absolute atomic E-state index is 12.5. The molecule has 4 heteroatoms. The third kappa shape index (κ3) is 3.15. The molecule has 1 aromatic heterocycles. The van der Waals surface area contributed by atoms with Crippen molar-refractivity contribution < 1.29 is 4.79 Å². The molecule has 1 heterocycles. The number of rotatable bonds is 4. The summed E-state index contributed by atoms with van der Waals surface area (Å²) >= 11 is 0. The van der Waals surface area contributed by atoms with Crippen molar-refractivity contribution in [3.05, 3.63) is 59.4 Å². The van der Waals surface area contributed by atoms with E-state index in [2.05, 4.69) is 10.3 Å². The lowest BCUT2D eigenvalue weighted by Crippen LogP contribution is -2.27. The van der Waals surface area contributed by atoms with Gasteiger partial charge in [-0.3, -0.25) is 9.78 Å². The van der Waals surface area contributed by atoms with Gasteiger partial charge in [-0.25, -0.2) is 0 Å². The van der Waals surface area contributed by atoms with Gasteiger partial charge in [0.1, 0.15) is 0 Å². The van der Waals surface area contributed by atoms with E-state index in [1.54, 1.807) is 18.1 Å². The summed E-state index contributed by atoms with van der Waals surface area (Å²) < 4.78 is 0. The topological polar surface area (TPSA) is 45.2 Å². The molecule has 0 bridgehead atoms. The van der Waals surface area contributed by atoms with Crippen LogP contribution in [-0.4, -0.2) is 29.9 Å². The molecule has 0 fully saturated rings. The lowest BCUT2D eigenvalue weighted by Gasteiger charge is -2.19. The number of pyridine rings is 1. The van der Waals surface area contributed by atoms with E-state index in [1.165, 1.54) is 0 Å². The fraction of sp³-hybridized carbons (Fsp3) is 0.250. The molecule has 0 radical (unpaired) electrons. The third-order valence-corrected chi connectivity index (χ3v) is 3.15. The summed E-state index contributed by atoms with van der Waals surface area (Å²) in [4.78, 5) is 18.5. The number of nitrogens with zero attached hydrogens (tertiary/aromatic N) is 2. The van der Waals surface area contributed by atoms with Crippen LogP contribution >= 0.6 is 0 Å². The number of anilines is 1. The highest BCUT2D eigenvalue weighted by molar-refractivity contribution is 5.99. The first-order chi connectivity index (χ1) is 9.61. The summed E-state index contributed by atoms with van der Waals surface area (Å²) in [7, 11) is 3.61. The molecule has 2 rings (SSSR count). The fourth-order valence-electron chi connectivity index (χ4n) is 2.07. The van der Waals surface area contributed by atoms with Crippen LogP contribution < -0.4 is 5.32 Å². The molecule has 0 spiro atoms. The maximum atomic E-state index is 12.5. The van der Waals surface area contributed by atoms with Crippen molar-refractivity contribution in [3.8, 4) is 0 Å². The molecule has 1 N–H and O–H groups in total. The van der Waals surface area contributed by atoms with Crippen molar-refractivity contribution in [2.75, 3.05) is 19.4 Å². The predicted octanol–water partition coefficient (Wildman–Crippen LogP) is 2.70. The first-order valence-electron chi connectivity index (χ1n) is 6.55. The summed E-state index contributed by atoms with van der Waals surface area (Å²) in [6, 6.07) is 11.5. The molecular formula is C16H19N3O. The molecule has 0 atom stereocenters. The number of aryl methyl sites for hydroxylation is 1. The number of benzene rings is 1. The Bertz CT molecular complexity index is 596. The zero-order valence-corrected chi connectivity index (χ0v) is 12.1. The van der Waals surface area contributed by atoms with E-state index < -0.39 is 0 Å². The van der Waals surface area contributed by atoms with Gasteiger partial charge in [0, 0.05) is 26.0 Å². The average molecular weight is 269 g/mol. The van der Waals surface area contributed by atoms with Crippen molar-refractivity contribution in [3.63, 3.8) is 0 Å². The highest BCUT2D eigenvalue weighted by atomic mass is 16.2. The van der Waals surface area contributed by atoms with Gasteiger partial charge in [0.15, 0.2) is 0 Å². The monoisotopic (exact) mass is 269 g/mol. The quantitative estimate of drug-likeness (QED) is 0.928. The molecule has 0 saturated carbocycles. The van der Waals surface area contributed by atoms with Gasteiger partial charge in [-0.15, -0.1) is 0 Å². The second kappa shape index (κ2) is 6.19. The molecule has 0 unspecified atom stereocenters. The van der Waals surface area contributed by atoms with Crippen molar-refractivity contribution in [1.29, 1.82) is 0 Å². The molecule has 0 aliphatic heterocycles. The van der Waals surface area contributed by atoms with Gasteiger partial charge in [-0.2, -0.15) is 0 Å². The van der Waals surface area contributed by atoms with Crippen molar-refractivity contribution in [1.82, 2.24) is 9.88 Å². The van der Waals surface area contributed by atoms with Crippen LogP contribution in [0.2, 0.25) is 0 Å². The SMILES string of the molecule is CNc1ccc(C)cc1C(=O)N(C)Cc1ccccn1. The highest BCUT2D eigenvalue weighted by Crippen LogP contribution is 2.19. The van der Waals surface area contributed by atoms with Gasteiger partial charge >= 0.3 is 0 Å². The summed E-state index contributed by atoms with van der Waals surface area (Å²) in [5, 5.41) is 3.06. The van der Waals surface area contributed by atoms with Crippen LogP contribution in [0.15, 0.2) is 42.6 Å². The first kappa shape index (κ1) is 14.1. The maximum Gasteiger partial charge on any atom is 0.256 e. The normalized spacial score (nSPS) is 10.2. The Morgan fingerprint density at radius 3 is 2.75 bits per heavy atom. The second-order valence-electron chi connectivity index (χ2n) is 4.78. The van der Waals surface area contributed by atoms with E-state index in [-0.39, 0.29) is 5.91 Å². The molecule has 0 aliphatic carbocycles. The lowest BCUT2D eigenvalue weighted by molar-refractivity contribution is 0.0784. The standard InChI is InChI=1S/C16H19N3O/c1-12-7-8-15(17-2)14(10-12)16(20)19(3)11-13-6-4-5-9-18-13/h4-10,17H,11H2,1-3H3. The van der Waals surface area contributed by atoms with Crippen LogP contribution in [0.25, 0.3) is 0 Å².